The number of nitrogens with zero attached hydrogens (tertiary/aromatic N) is 1. The number of fused-ring (bicyclic) bond motifs is 1. The highest BCUT2D eigenvalue weighted by Gasteiger charge is 2.21. The Labute approximate surface area is 194 Å². The van der Waals surface area contributed by atoms with E-state index in [4.69, 9.17) is 4.74 Å². The lowest BCUT2D eigenvalue weighted by atomic mass is 9.88. The van der Waals surface area contributed by atoms with Gasteiger partial charge in [-0.2, -0.15) is 5.10 Å². The topological polar surface area (TPSA) is 79.8 Å². The standard InChI is InChI=1S/C27H29N3O3/c1-19(22-12-7-13-24(16-22)28-27(32)21-9-3-2-4-10-21)29-30-26(31)18-33-25-15-14-20-8-5-6-11-23(20)17-25/h5-8,11-17,21H,2-4,9-10,18H2,1H3,(H,28,32)(H,30,31)/b29-19-. The van der Waals surface area contributed by atoms with Crippen LogP contribution in [0.2, 0.25) is 0 Å². The number of amides is 2. The molecule has 3 aromatic carbocycles. The molecular weight excluding hydrogens is 414 g/mol. The first kappa shape index (κ1) is 22.5. The summed E-state index contributed by atoms with van der Waals surface area (Å²) in [6.07, 6.45) is 5.37. The van der Waals surface area contributed by atoms with Crippen molar-refractivity contribution in [1.29, 1.82) is 0 Å². The second-order valence-electron chi connectivity index (χ2n) is 8.43. The number of hydrazone groups is 1. The fourth-order valence-corrected chi connectivity index (χ4v) is 4.08. The van der Waals surface area contributed by atoms with Gasteiger partial charge < -0.3 is 10.1 Å². The van der Waals surface area contributed by atoms with Gasteiger partial charge in [0, 0.05) is 11.6 Å². The van der Waals surface area contributed by atoms with Crippen molar-refractivity contribution in [2.45, 2.75) is 39.0 Å². The maximum atomic E-state index is 12.5. The molecule has 3 aromatic rings. The minimum absolute atomic E-state index is 0.0839. The molecule has 0 atom stereocenters. The molecule has 1 fully saturated rings. The lowest BCUT2D eigenvalue weighted by molar-refractivity contribution is -0.123. The molecule has 0 spiro atoms. The lowest BCUT2D eigenvalue weighted by Crippen LogP contribution is -2.26. The Morgan fingerprint density at radius 2 is 1.73 bits per heavy atom. The lowest BCUT2D eigenvalue weighted by Gasteiger charge is -2.20. The van der Waals surface area contributed by atoms with Crippen molar-refractivity contribution in [3.05, 3.63) is 72.3 Å². The Bertz CT molecular complexity index is 1170. The molecule has 1 saturated carbocycles. The molecule has 33 heavy (non-hydrogen) atoms. The van der Waals surface area contributed by atoms with Crippen LogP contribution in [0.25, 0.3) is 10.8 Å². The van der Waals surface area contributed by atoms with E-state index in [1.165, 1.54) is 6.42 Å². The zero-order chi connectivity index (χ0) is 23.0. The predicted molar refractivity (Wildman–Crippen MR) is 131 cm³/mol. The maximum Gasteiger partial charge on any atom is 0.277 e. The largest absolute Gasteiger partial charge is 0.484 e. The van der Waals surface area contributed by atoms with Gasteiger partial charge >= 0.3 is 0 Å². The van der Waals surface area contributed by atoms with Crippen molar-refractivity contribution in [3.8, 4) is 5.75 Å². The van der Waals surface area contributed by atoms with E-state index >= 15 is 0 Å². The van der Waals surface area contributed by atoms with Crippen LogP contribution in [0.1, 0.15) is 44.6 Å². The molecular formula is C27H29N3O3. The van der Waals surface area contributed by atoms with Crippen LogP contribution in [-0.2, 0) is 9.59 Å². The summed E-state index contributed by atoms with van der Waals surface area (Å²) in [4.78, 5) is 24.7. The summed E-state index contributed by atoms with van der Waals surface area (Å²) < 4.78 is 5.61. The number of carbonyl (C=O) groups is 2. The zero-order valence-corrected chi connectivity index (χ0v) is 18.8. The summed E-state index contributed by atoms with van der Waals surface area (Å²) in [6, 6.07) is 21.2. The van der Waals surface area contributed by atoms with Crippen LogP contribution in [0.3, 0.4) is 0 Å². The van der Waals surface area contributed by atoms with E-state index in [2.05, 4.69) is 15.8 Å². The van der Waals surface area contributed by atoms with Gasteiger partial charge in [0.25, 0.3) is 5.91 Å². The van der Waals surface area contributed by atoms with Gasteiger partial charge in [-0.3, -0.25) is 9.59 Å². The number of carbonyl (C=O) groups excluding carboxylic acids is 2. The van der Waals surface area contributed by atoms with Crippen molar-refractivity contribution in [3.63, 3.8) is 0 Å². The fourth-order valence-electron chi connectivity index (χ4n) is 4.08. The van der Waals surface area contributed by atoms with Gasteiger partial charge in [-0.25, -0.2) is 5.43 Å². The third-order valence-electron chi connectivity index (χ3n) is 5.96. The Balaban J connectivity index is 1.30. The zero-order valence-electron chi connectivity index (χ0n) is 18.8. The van der Waals surface area contributed by atoms with Gasteiger partial charge in [0.15, 0.2) is 6.61 Å². The normalized spacial score (nSPS) is 14.6. The first-order valence-corrected chi connectivity index (χ1v) is 11.4. The third kappa shape index (κ3) is 6.19. The molecule has 0 radical (unpaired) electrons. The molecule has 170 valence electrons. The molecule has 6 heteroatoms. The predicted octanol–water partition coefficient (Wildman–Crippen LogP) is 5.28. The molecule has 1 aliphatic rings. The number of hydrogen-bond donors (Lipinski definition) is 2. The van der Waals surface area contributed by atoms with Crippen LogP contribution in [-0.4, -0.2) is 24.1 Å². The Kier molecular flexibility index (Phi) is 7.35. The summed E-state index contributed by atoms with van der Waals surface area (Å²) in [5.74, 6) is 0.467. The van der Waals surface area contributed by atoms with Gasteiger partial charge in [-0.15, -0.1) is 0 Å². The first-order valence-electron chi connectivity index (χ1n) is 11.4. The highest BCUT2D eigenvalue weighted by molar-refractivity contribution is 6.01. The Morgan fingerprint density at radius 1 is 0.939 bits per heavy atom. The molecule has 0 aliphatic heterocycles. The highest BCUT2D eigenvalue weighted by Crippen LogP contribution is 2.25. The highest BCUT2D eigenvalue weighted by atomic mass is 16.5. The smallest absolute Gasteiger partial charge is 0.277 e. The SMILES string of the molecule is C/C(=N/NC(=O)COc1ccc2ccccc2c1)c1cccc(NC(=O)C2CCCCC2)c1. The molecule has 6 nitrogen and oxygen atoms in total. The summed E-state index contributed by atoms with van der Waals surface area (Å²) in [5.41, 5.74) is 4.74. The first-order chi connectivity index (χ1) is 16.1. The van der Waals surface area contributed by atoms with Crippen LogP contribution < -0.4 is 15.5 Å². The van der Waals surface area contributed by atoms with E-state index in [-0.39, 0.29) is 24.3 Å². The van der Waals surface area contributed by atoms with E-state index in [1.807, 2.05) is 73.7 Å². The molecule has 0 bridgehead atoms. The number of hydrogen-bond acceptors (Lipinski definition) is 4. The molecule has 2 N–H and O–H groups in total. The van der Waals surface area contributed by atoms with Crippen molar-refractivity contribution in [2.24, 2.45) is 11.0 Å². The monoisotopic (exact) mass is 443 g/mol. The van der Waals surface area contributed by atoms with E-state index in [9.17, 15) is 9.59 Å². The number of ether oxygens (including phenoxy) is 1. The fraction of sp³-hybridized carbons (Fsp3) is 0.296. The molecule has 2 amide bonds. The molecule has 4 rings (SSSR count). The number of rotatable bonds is 7. The summed E-state index contributed by atoms with van der Waals surface area (Å²) in [7, 11) is 0. The van der Waals surface area contributed by atoms with Crippen LogP contribution in [0.15, 0.2) is 71.8 Å². The summed E-state index contributed by atoms with van der Waals surface area (Å²) in [6.45, 7) is 1.68. The summed E-state index contributed by atoms with van der Waals surface area (Å²) in [5, 5.41) is 9.39. The average Bonchev–Trinajstić information content (AvgIpc) is 2.86. The second kappa shape index (κ2) is 10.8. The molecule has 0 heterocycles. The Hall–Kier alpha value is -3.67. The van der Waals surface area contributed by atoms with Gasteiger partial charge in [-0.1, -0.05) is 61.7 Å². The van der Waals surface area contributed by atoms with Gasteiger partial charge in [-0.05, 0) is 60.4 Å². The van der Waals surface area contributed by atoms with Crippen LogP contribution in [0, 0.1) is 5.92 Å². The average molecular weight is 444 g/mol. The van der Waals surface area contributed by atoms with Crippen LogP contribution in [0.4, 0.5) is 5.69 Å². The van der Waals surface area contributed by atoms with Gasteiger partial charge in [0.05, 0.1) is 5.71 Å². The van der Waals surface area contributed by atoms with Crippen LogP contribution >= 0.6 is 0 Å². The number of anilines is 1. The number of nitrogens with one attached hydrogen (secondary N) is 2. The van der Waals surface area contributed by atoms with E-state index in [1.54, 1.807) is 0 Å². The van der Waals surface area contributed by atoms with Crippen molar-refractivity contribution < 1.29 is 14.3 Å². The van der Waals surface area contributed by atoms with Crippen molar-refractivity contribution in [1.82, 2.24) is 5.43 Å². The maximum absolute atomic E-state index is 12.5. The minimum atomic E-state index is -0.343. The summed E-state index contributed by atoms with van der Waals surface area (Å²) >= 11 is 0. The van der Waals surface area contributed by atoms with Crippen molar-refractivity contribution >= 4 is 34.0 Å². The molecule has 0 aromatic heterocycles. The van der Waals surface area contributed by atoms with E-state index in [0.717, 1.165) is 47.7 Å². The van der Waals surface area contributed by atoms with Crippen LogP contribution in [0.5, 0.6) is 5.75 Å². The molecule has 0 saturated heterocycles. The quantitative estimate of drug-likeness (QED) is 0.385. The van der Waals surface area contributed by atoms with E-state index in [0.29, 0.717) is 11.5 Å². The molecule has 0 unspecified atom stereocenters. The third-order valence-corrected chi connectivity index (χ3v) is 5.96. The van der Waals surface area contributed by atoms with Crippen molar-refractivity contribution in [2.75, 3.05) is 11.9 Å². The molecule has 1 aliphatic carbocycles. The minimum Gasteiger partial charge on any atom is -0.484 e. The van der Waals surface area contributed by atoms with Gasteiger partial charge in [0.2, 0.25) is 5.91 Å². The van der Waals surface area contributed by atoms with Gasteiger partial charge in [0.1, 0.15) is 5.75 Å². The van der Waals surface area contributed by atoms with E-state index < -0.39 is 0 Å². The second-order valence-corrected chi connectivity index (χ2v) is 8.43. The number of benzene rings is 3. The Morgan fingerprint density at radius 3 is 2.55 bits per heavy atom.